The molecule has 1 fully saturated rings. The lowest BCUT2D eigenvalue weighted by Gasteiger charge is -2.32. The summed E-state index contributed by atoms with van der Waals surface area (Å²) in [6.45, 7) is 5.29. The summed E-state index contributed by atoms with van der Waals surface area (Å²) in [5.74, 6) is 0.297. The van der Waals surface area contributed by atoms with Gasteiger partial charge in [-0.05, 0) is 13.1 Å². The minimum Gasteiger partial charge on any atom is -0.394 e. The molecular weight excluding hydrogens is 300 g/mol. The van der Waals surface area contributed by atoms with Crippen LogP contribution in [0.3, 0.4) is 0 Å². The summed E-state index contributed by atoms with van der Waals surface area (Å²) >= 11 is 0. The Morgan fingerprint density at radius 1 is 1.30 bits per heavy atom. The van der Waals surface area contributed by atoms with Gasteiger partial charge in [0.1, 0.15) is 24.1 Å². The average molecular weight is 322 g/mol. The normalized spacial score (nSPS) is 28.0. The van der Waals surface area contributed by atoms with E-state index in [2.05, 4.69) is 19.9 Å². The van der Waals surface area contributed by atoms with Crippen LogP contribution < -0.4 is 5.73 Å². The van der Waals surface area contributed by atoms with Gasteiger partial charge in [0.25, 0.3) is 0 Å². The van der Waals surface area contributed by atoms with Gasteiger partial charge >= 0.3 is 0 Å². The molecule has 1 saturated heterocycles. The monoisotopic (exact) mass is 322 g/mol. The molecule has 0 bridgehead atoms. The number of fused-ring (bicyclic) bond motifs is 1. The van der Waals surface area contributed by atoms with Gasteiger partial charge in [-0.3, -0.25) is 9.47 Å². The Bertz CT molecular complexity index is 674. The zero-order chi connectivity index (χ0) is 16.6. The summed E-state index contributed by atoms with van der Waals surface area (Å²) in [5, 5.41) is 20.0. The highest BCUT2D eigenvalue weighted by atomic mass is 16.5. The first-order valence-corrected chi connectivity index (χ1v) is 7.73. The highest BCUT2D eigenvalue weighted by Crippen LogP contribution is 2.34. The fourth-order valence-electron chi connectivity index (χ4n) is 3.21. The molecule has 23 heavy (non-hydrogen) atoms. The zero-order valence-corrected chi connectivity index (χ0v) is 13.2. The SMILES string of the molecule is CCN(CC)C1[C@H](n2cnc3c(N)ncnc32)O[C@H](CO)[C@H]1O. The van der Waals surface area contributed by atoms with Crippen molar-refractivity contribution in [1.29, 1.82) is 0 Å². The molecule has 1 unspecified atom stereocenters. The number of hydrogen-bond acceptors (Lipinski definition) is 8. The number of hydrogen-bond donors (Lipinski definition) is 3. The van der Waals surface area contributed by atoms with Crippen LogP contribution in [0, 0.1) is 0 Å². The lowest BCUT2D eigenvalue weighted by molar-refractivity contribution is -0.0468. The first-order valence-electron chi connectivity index (χ1n) is 7.73. The molecule has 4 atom stereocenters. The maximum Gasteiger partial charge on any atom is 0.167 e. The molecule has 1 aliphatic rings. The molecule has 9 nitrogen and oxygen atoms in total. The average Bonchev–Trinajstić information content (AvgIpc) is 3.12. The number of aliphatic hydroxyl groups is 2. The van der Waals surface area contributed by atoms with Gasteiger partial charge in [0.15, 0.2) is 17.7 Å². The molecule has 9 heteroatoms. The van der Waals surface area contributed by atoms with Gasteiger partial charge in [-0.2, -0.15) is 0 Å². The van der Waals surface area contributed by atoms with Crippen molar-refractivity contribution in [2.45, 2.75) is 38.3 Å². The summed E-state index contributed by atoms with van der Waals surface area (Å²) in [6.07, 6.45) is 0.991. The smallest absolute Gasteiger partial charge is 0.167 e. The fourth-order valence-corrected chi connectivity index (χ4v) is 3.21. The Morgan fingerprint density at radius 2 is 2.04 bits per heavy atom. The van der Waals surface area contributed by atoms with Crippen molar-refractivity contribution in [2.75, 3.05) is 25.4 Å². The molecule has 0 amide bonds. The minimum absolute atomic E-state index is 0.251. The maximum absolute atomic E-state index is 10.6. The maximum atomic E-state index is 10.6. The lowest BCUT2D eigenvalue weighted by Crippen LogP contribution is -2.46. The number of nitrogens with two attached hydrogens (primary N) is 1. The largest absolute Gasteiger partial charge is 0.394 e. The molecule has 3 rings (SSSR count). The van der Waals surface area contributed by atoms with E-state index in [9.17, 15) is 10.2 Å². The zero-order valence-electron chi connectivity index (χ0n) is 13.2. The molecular formula is C14H22N6O3. The third kappa shape index (κ3) is 2.55. The molecule has 0 aromatic carbocycles. The summed E-state index contributed by atoms with van der Waals surface area (Å²) in [7, 11) is 0. The second-order valence-electron chi connectivity index (χ2n) is 5.53. The number of ether oxygens (including phenoxy) is 1. The molecule has 2 aromatic rings. The Balaban J connectivity index is 2.05. The van der Waals surface area contributed by atoms with Gasteiger partial charge in [0.2, 0.25) is 0 Å². The van der Waals surface area contributed by atoms with Crippen molar-refractivity contribution in [3.05, 3.63) is 12.7 Å². The van der Waals surface area contributed by atoms with Crippen molar-refractivity contribution in [1.82, 2.24) is 24.4 Å². The number of aliphatic hydroxyl groups excluding tert-OH is 2. The summed E-state index contributed by atoms with van der Waals surface area (Å²) in [5.41, 5.74) is 6.87. The Labute approximate surface area is 133 Å². The van der Waals surface area contributed by atoms with Crippen LogP contribution in [0.4, 0.5) is 5.82 Å². The highest BCUT2D eigenvalue weighted by Gasteiger charge is 2.47. The molecule has 4 N–H and O–H groups in total. The Hall–Kier alpha value is -1.81. The number of likely N-dealkylation sites (N-methyl/N-ethyl adjacent to an activating group) is 1. The standard InChI is InChI=1S/C14H22N6O3/c1-3-19(4-2)10-11(22)8(5-21)23-14(10)20-7-18-9-12(15)16-6-17-13(9)20/h6-8,10-11,14,21-22H,3-5H2,1-2H3,(H2,15,16,17)/t8-,10?,11-,14-/m1/s1. The van der Waals surface area contributed by atoms with Crippen LogP contribution in [-0.2, 0) is 4.74 Å². The predicted octanol–water partition coefficient (Wildman–Crippen LogP) is -0.630. The van der Waals surface area contributed by atoms with Crippen molar-refractivity contribution >= 4 is 17.0 Å². The van der Waals surface area contributed by atoms with Gasteiger partial charge < -0.3 is 20.7 Å². The number of imidazole rings is 1. The minimum atomic E-state index is -0.804. The van der Waals surface area contributed by atoms with Crippen molar-refractivity contribution in [2.24, 2.45) is 0 Å². The van der Waals surface area contributed by atoms with Crippen molar-refractivity contribution < 1.29 is 14.9 Å². The van der Waals surface area contributed by atoms with Crippen LogP contribution in [0.2, 0.25) is 0 Å². The molecule has 2 aromatic heterocycles. The lowest BCUT2D eigenvalue weighted by atomic mass is 10.1. The molecule has 126 valence electrons. The summed E-state index contributed by atoms with van der Waals surface area (Å²) in [4.78, 5) is 14.5. The van der Waals surface area contributed by atoms with Gasteiger partial charge in [-0.15, -0.1) is 0 Å². The third-order valence-corrected chi connectivity index (χ3v) is 4.41. The third-order valence-electron chi connectivity index (χ3n) is 4.41. The van der Waals surface area contributed by atoms with Crippen molar-refractivity contribution in [3.63, 3.8) is 0 Å². The Morgan fingerprint density at radius 3 is 2.70 bits per heavy atom. The molecule has 0 aliphatic carbocycles. The van der Waals surface area contributed by atoms with Crippen LogP contribution in [0.1, 0.15) is 20.1 Å². The van der Waals surface area contributed by atoms with E-state index in [1.165, 1.54) is 6.33 Å². The molecule has 0 saturated carbocycles. The van der Waals surface area contributed by atoms with Gasteiger partial charge in [-0.25, -0.2) is 15.0 Å². The topological polar surface area (TPSA) is 123 Å². The summed E-state index contributed by atoms with van der Waals surface area (Å²) in [6, 6.07) is -0.310. The Kier molecular flexibility index (Phi) is 4.44. The first-order chi connectivity index (χ1) is 11.1. The number of nitrogens with zero attached hydrogens (tertiary/aromatic N) is 5. The van der Waals surface area contributed by atoms with E-state index in [0.29, 0.717) is 17.0 Å². The van der Waals surface area contributed by atoms with Crippen LogP contribution in [0.15, 0.2) is 12.7 Å². The number of anilines is 1. The van der Waals surface area contributed by atoms with Gasteiger partial charge in [0.05, 0.1) is 19.0 Å². The number of aromatic nitrogens is 4. The van der Waals surface area contributed by atoms with Crippen LogP contribution >= 0.6 is 0 Å². The summed E-state index contributed by atoms with van der Waals surface area (Å²) < 4.78 is 7.64. The van der Waals surface area contributed by atoms with Gasteiger partial charge in [0, 0.05) is 0 Å². The number of rotatable bonds is 5. The van der Waals surface area contributed by atoms with Crippen LogP contribution in [-0.4, -0.2) is 72.6 Å². The molecule has 0 radical (unpaired) electrons. The second kappa shape index (κ2) is 6.36. The highest BCUT2D eigenvalue weighted by molar-refractivity contribution is 5.81. The van der Waals surface area contributed by atoms with E-state index in [1.807, 2.05) is 13.8 Å². The number of nitrogen functional groups attached to an aromatic ring is 1. The van der Waals surface area contributed by atoms with E-state index < -0.39 is 18.4 Å². The second-order valence-corrected chi connectivity index (χ2v) is 5.53. The van der Waals surface area contributed by atoms with Crippen molar-refractivity contribution in [3.8, 4) is 0 Å². The van der Waals surface area contributed by atoms with E-state index in [-0.39, 0.29) is 12.6 Å². The molecule has 1 aliphatic heterocycles. The van der Waals surface area contributed by atoms with Crippen LogP contribution in [0.5, 0.6) is 0 Å². The van der Waals surface area contributed by atoms with E-state index in [4.69, 9.17) is 10.5 Å². The van der Waals surface area contributed by atoms with E-state index in [0.717, 1.165) is 13.1 Å². The first kappa shape index (κ1) is 16.1. The van der Waals surface area contributed by atoms with E-state index >= 15 is 0 Å². The van der Waals surface area contributed by atoms with Gasteiger partial charge in [-0.1, -0.05) is 13.8 Å². The van der Waals surface area contributed by atoms with E-state index in [1.54, 1.807) is 10.9 Å². The fraction of sp³-hybridized carbons (Fsp3) is 0.643. The predicted molar refractivity (Wildman–Crippen MR) is 83.4 cm³/mol. The quantitative estimate of drug-likeness (QED) is 0.665. The molecule has 0 spiro atoms. The van der Waals surface area contributed by atoms with Crippen LogP contribution in [0.25, 0.3) is 11.2 Å². The molecule has 3 heterocycles.